The number of halogens is 1. The minimum Gasteiger partial charge on any atom is -0.354 e. The summed E-state index contributed by atoms with van der Waals surface area (Å²) in [5.41, 5.74) is 5.93. The minimum absolute atomic E-state index is 0.114. The van der Waals surface area contributed by atoms with Crippen LogP contribution in [-0.4, -0.2) is 28.1 Å². The third-order valence-electron chi connectivity index (χ3n) is 3.42. The summed E-state index contributed by atoms with van der Waals surface area (Å²) in [6.45, 7) is 0.426. The second-order valence-corrected chi connectivity index (χ2v) is 5.62. The average molecular weight is 307 g/mol. The van der Waals surface area contributed by atoms with Crippen LogP contribution in [0.5, 0.6) is 0 Å². The van der Waals surface area contributed by atoms with E-state index >= 15 is 0 Å². The first-order valence-corrected chi connectivity index (χ1v) is 7.10. The molecule has 1 heterocycles. The molecule has 0 atom stereocenters. The fourth-order valence-corrected chi connectivity index (χ4v) is 2.11. The molecule has 0 radical (unpaired) electrons. The quantitative estimate of drug-likeness (QED) is 0.874. The second-order valence-electron chi connectivity index (χ2n) is 5.18. The molecule has 6 nitrogen and oxygen atoms in total. The molecule has 3 rings (SSSR count). The average Bonchev–Trinajstić information content (AvgIpc) is 3.04. The van der Waals surface area contributed by atoms with E-state index in [2.05, 4.69) is 15.5 Å². The standard InChI is InChI=1S/C14H15ClN4O2/c15-10-3-1-2-9(8-10)12-18-11(21-19-12)4-7-17-13(20)14(16)5-6-14/h1-3,8H,4-7,16H2,(H,17,20). The fourth-order valence-electron chi connectivity index (χ4n) is 1.92. The number of aromatic nitrogens is 2. The monoisotopic (exact) mass is 306 g/mol. The normalized spacial score (nSPS) is 15.7. The molecule has 0 saturated heterocycles. The Labute approximate surface area is 126 Å². The van der Waals surface area contributed by atoms with Crippen LogP contribution >= 0.6 is 11.6 Å². The lowest BCUT2D eigenvalue weighted by atomic mass is 10.2. The van der Waals surface area contributed by atoms with Gasteiger partial charge in [0.15, 0.2) is 0 Å². The highest BCUT2D eigenvalue weighted by molar-refractivity contribution is 6.30. The Morgan fingerprint density at radius 2 is 2.29 bits per heavy atom. The van der Waals surface area contributed by atoms with E-state index in [1.54, 1.807) is 12.1 Å². The maximum Gasteiger partial charge on any atom is 0.240 e. The molecule has 110 valence electrons. The van der Waals surface area contributed by atoms with E-state index < -0.39 is 5.54 Å². The van der Waals surface area contributed by atoms with E-state index in [4.69, 9.17) is 21.9 Å². The number of nitrogens with zero attached hydrogens (tertiary/aromatic N) is 2. The molecule has 0 aliphatic heterocycles. The Kier molecular flexibility index (Phi) is 3.65. The third kappa shape index (κ3) is 3.22. The lowest BCUT2D eigenvalue weighted by Crippen LogP contribution is -2.43. The Morgan fingerprint density at radius 3 is 3.00 bits per heavy atom. The molecule has 2 aromatic rings. The van der Waals surface area contributed by atoms with Crippen LogP contribution in [-0.2, 0) is 11.2 Å². The van der Waals surface area contributed by atoms with Gasteiger partial charge in [-0.25, -0.2) is 0 Å². The summed E-state index contributed by atoms with van der Waals surface area (Å²) in [6.07, 6.45) is 1.96. The number of carbonyl (C=O) groups is 1. The fraction of sp³-hybridized carbons (Fsp3) is 0.357. The first kappa shape index (κ1) is 14.0. The highest BCUT2D eigenvalue weighted by atomic mass is 35.5. The van der Waals surface area contributed by atoms with Gasteiger partial charge in [-0.15, -0.1) is 0 Å². The number of nitrogens with one attached hydrogen (secondary N) is 1. The highest BCUT2D eigenvalue weighted by Crippen LogP contribution is 2.32. The van der Waals surface area contributed by atoms with E-state index in [1.165, 1.54) is 0 Å². The van der Waals surface area contributed by atoms with Gasteiger partial charge in [0, 0.05) is 23.6 Å². The molecule has 0 bridgehead atoms. The summed E-state index contributed by atoms with van der Waals surface area (Å²) < 4.78 is 5.16. The van der Waals surface area contributed by atoms with Crippen molar-refractivity contribution >= 4 is 17.5 Å². The van der Waals surface area contributed by atoms with Crippen LogP contribution in [0.2, 0.25) is 5.02 Å². The number of hydrogen-bond acceptors (Lipinski definition) is 5. The lowest BCUT2D eigenvalue weighted by Gasteiger charge is -2.08. The van der Waals surface area contributed by atoms with Crippen LogP contribution in [0.4, 0.5) is 0 Å². The zero-order valence-electron chi connectivity index (χ0n) is 11.3. The van der Waals surface area contributed by atoms with E-state index in [0.717, 1.165) is 18.4 Å². The highest BCUT2D eigenvalue weighted by Gasteiger charge is 2.45. The second kappa shape index (κ2) is 5.46. The molecule has 0 unspecified atom stereocenters. The Bertz CT molecular complexity index is 666. The molecular formula is C14H15ClN4O2. The molecule has 1 aromatic heterocycles. The Balaban J connectivity index is 1.57. The van der Waals surface area contributed by atoms with Crippen molar-refractivity contribution in [2.45, 2.75) is 24.8 Å². The zero-order valence-corrected chi connectivity index (χ0v) is 12.1. The summed E-state index contributed by atoms with van der Waals surface area (Å²) in [6, 6.07) is 7.23. The first-order valence-electron chi connectivity index (χ1n) is 6.72. The Morgan fingerprint density at radius 1 is 1.48 bits per heavy atom. The van der Waals surface area contributed by atoms with Gasteiger partial charge in [0.05, 0.1) is 5.54 Å². The van der Waals surface area contributed by atoms with E-state index in [9.17, 15) is 4.79 Å². The molecular weight excluding hydrogens is 292 g/mol. The largest absolute Gasteiger partial charge is 0.354 e. The van der Waals surface area contributed by atoms with Crippen molar-refractivity contribution in [1.29, 1.82) is 0 Å². The van der Waals surface area contributed by atoms with Crippen molar-refractivity contribution < 1.29 is 9.32 Å². The van der Waals surface area contributed by atoms with Crippen LogP contribution in [0.15, 0.2) is 28.8 Å². The zero-order chi connectivity index (χ0) is 14.9. The molecule has 1 amide bonds. The van der Waals surface area contributed by atoms with Gasteiger partial charge in [-0.1, -0.05) is 28.9 Å². The summed E-state index contributed by atoms with van der Waals surface area (Å²) in [5, 5.41) is 7.30. The smallest absolute Gasteiger partial charge is 0.240 e. The van der Waals surface area contributed by atoms with E-state index in [-0.39, 0.29) is 5.91 Å². The molecule has 1 saturated carbocycles. The van der Waals surface area contributed by atoms with Gasteiger partial charge in [0.25, 0.3) is 0 Å². The summed E-state index contributed by atoms with van der Waals surface area (Å²) in [5.74, 6) is 0.834. The predicted octanol–water partition coefficient (Wildman–Crippen LogP) is 1.54. The molecule has 1 aliphatic carbocycles. The van der Waals surface area contributed by atoms with Crippen molar-refractivity contribution in [3.8, 4) is 11.4 Å². The summed E-state index contributed by atoms with van der Waals surface area (Å²) >= 11 is 5.92. The lowest BCUT2D eigenvalue weighted by molar-refractivity contribution is -0.123. The Hall–Kier alpha value is -1.92. The number of rotatable bonds is 5. The van der Waals surface area contributed by atoms with Crippen LogP contribution in [0.3, 0.4) is 0 Å². The van der Waals surface area contributed by atoms with Crippen molar-refractivity contribution in [3.63, 3.8) is 0 Å². The van der Waals surface area contributed by atoms with Gasteiger partial charge < -0.3 is 15.6 Å². The van der Waals surface area contributed by atoms with Crippen molar-refractivity contribution in [2.75, 3.05) is 6.54 Å². The molecule has 3 N–H and O–H groups in total. The van der Waals surface area contributed by atoms with Gasteiger partial charge in [0.1, 0.15) is 0 Å². The number of carbonyl (C=O) groups excluding carboxylic acids is 1. The van der Waals surface area contributed by atoms with E-state index in [0.29, 0.717) is 29.7 Å². The van der Waals surface area contributed by atoms with Crippen molar-refractivity contribution in [3.05, 3.63) is 35.2 Å². The van der Waals surface area contributed by atoms with Crippen LogP contribution in [0.1, 0.15) is 18.7 Å². The maximum absolute atomic E-state index is 11.7. The van der Waals surface area contributed by atoms with Crippen molar-refractivity contribution in [2.24, 2.45) is 5.73 Å². The van der Waals surface area contributed by atoms with Crippen LogP contribution < -0.4 is 11.1 Å². The van der Waals surface area contributed by atoms with Crippen LogP contribution in [0, 0.1) is 0 Å². The molecule has 1 fully saturated rings. The molecule has 1 aliphatic rings. The van der Waals surface area contributed by atoms with Crippen LogP contribution in [0.25, 0.3) is 11.4 Å². The number of hydrogen-bond donors (Lipinski definition) is 2. The summed E-state index contributed by atoms with van der Waals surface area (Å²) in [7, 11) is 0. The van der Waals surface area contributed by atoms with Gasteiger partial charge >= 0.3 is 0 Å². The van der Waals surface area contributed by atoms with Gasteiger partial charge in [-0.2, -0.15) is 4.98 Å². The van der Waals surface area contributed by atoms with Gasteiger partial charge in [0.2, 0.25) is 17.6 Å². The SMILES string of the molecule is NC1(C(=O)NCCc2nc(-c3cccc(Cl)c3)no2)CC1. The van der Waals surface area contributed by atoms with Gasteiger partial charge in [-0.3, -0.25) is 4.79 Å². The number of amides is 1. The first-order chi connectivity index (χ1) is 10.1. The molecule has 7 heteroatoms. The molecule has 1 aromatic carbocycles. The molecule has 21 heavy (non-hydrogen) atoms. The maximum atomic E-state index is 11.7. The van der Waals surface area contributed by atoms with Gasteiger partial charge in [-0.05, 0) is 25.0 Å². The number of benzene rings is 1. The van der Waals surface area contributed by atoms with E-state index in [1.807, 2.05) is 12.1 Å². The third-order valence-corrected chi connectivity index (χ3v) is 3.65. The molecule has 0 spiro atoms. The topological polar surface area (TPSA) is 94.0 Å². The summed E-state index contributed by atoms with van der Waals surface area (Å²) in [4.78, 5) is 15.9. The predicted molar refractivity (Wildman–Crippen MR) is 77.6 cm³/mol. The minimum atomic E-state index is -0.652. The number of nitrogens with two attached hydrogens (primary N) is 1. The van der Waals surface area contributed by atoms with Crippen molar-refractivity contribution in [1.82, 2.24) is 15.5 Å².